The lowest BCUT2D eigenvalue weighted by Crippen LogP contribution is -2.29. The Balaban J connectivity index is 2.19. The molecule has 1 saturated heterocycles. The van der Waals surface area contributed by atoms with Gasteiger partial charge in [0.15, 0.2) is 5.78 Å². The SMILES string of the molecule is CC(=O)c1cc(N2CCCCC2)ccn1. The standard InChI is InChI=1S/C12H16N2O/c1-10(15)12-9-11(5-6-13-12)14-7-3-2-4-8-14/h5-6,9H,2-4,7-8H2,1H3. The predicted octanol–water partition coefficient (Wildman–Crippen LogP) is 2.27. The summed E-state index contributed by atoms with van der Waals surface area (Å²) >= 11 is 0. The molecule has 3 heteroatoms. The first-order chi connectivity index (χ1) is 7.27. The van der Waals surface area contributed by atoms with Crippen LogP contribution >= 0.6 is 0 Å². The van der Waals surface area contributed by atoms with Gasteiger partial charge >= 0.3 is 0 Å². The zero-order chi connectivity index (χ0) is 10.7. The lowest BCUT2D eigenvalue weighted by atomic mass is 10.1. The van der Waals surface area contributed by atoms with Gasteiger partial charge in [-0.25, -0.2) is 0 Å². The Morgan fingerprint density at radius 3 is 2.73 bits per heavy atom. The predicted molar refractivity (Wildman–Crippen MR) is 60.3 cm³/mol. The number of ketones is 1. The van der Waals surface area contributed by atoms with Gasteiger partial charge in [-0.3, -0.25) is 9.78 Å². The van der Waals surface area contributed by atoms with E-state index in [0.29, 0.717) is 5.69 Å². The van der Waals surface area contributed by atoms with Gasteiger partial charge in [0.25, 0.3) is 0 Å². The fourth-order valence-corrected chi connectivity index (χ4v) is 1.96. The molecule has 1 aromatic heterocycles. The summed E-state index contributed by atoms with van der Waals surface area (Å²) in [4.78, 5) is 17.6. The lowest BCUT2D eigenvalue weighted by Gasteiger charge is -2.28. The van der Waals surface area contributed by atoms with Crippen LogP contribution in [0.5, 0.6) is 0 Å². The molecule has 1 aromatic rings. The highest BCUT2D eigenvalue weighted by Crippen LogP contribution is 2.19. The van der Waals surface area contributed by atoms with Gasteiger partial charge in [0.05, 0.1) is 0 Å². The monoisotopic (exact) mass is 204 g/mol. The van der Waals surface area contributed by atoms with Crippen molar-refractivity contribution >= 4 is 11.5 Å². The third kappa shape index (κ3) is 2.35. The number of Topliss-reactive ketones (excluding diaryl/α,β-unsaturated/α-hetero) is 1. The number of hydrogen-bond acceptors (Lipinski definition) is 3. The number of carbonyl (C=O) groups is 1. The summed E-state index contributed by atoms with van der Waals surface area (Å²) in [6.45, 7) is 3.75. The van der Waals surface area contributed by atoms with E-state index in [0.717, 1.165) is 18.8 Å². The van der Waals surface area contributed by atoms with Crippen molar-refractivity contribution < 1.29 is 4.79 Å². The second kappa shape index (κ2) is 4.43. The molecular formula is C12H16N2O. The minimum absolute atomic E-state index is 0.0360. The topological polar surface area (TPSA) is 33.2 Å². The number of aromatic nitrogens is 1. The molecule has 2 rings (SSSR count). The van der Waals surface area contributed by atoms with E-state index < -0.39 is 0 Å². The Morgan fingerprint density at radius 1 is 1.33 bits per heavy atom. The van der Waals surface area contributed by atoms with Crippen molar-refractivity contribution in [2.24, 2.45) is 0 Å². The number of carbonyl (C=O) groups excluding carboxylic acids is 1. The van der Waals surface area contributed by atoms with Crippen molar-refractivity contribution in [2.45, 2.75) is 26.2 Å². The molecule has 2 heterocycles. The molecular weight excluding hydrogens is 188 g/mol. The van der Waals surface area contributed by atoms with Crippen LogP contribution in [0.2, 0.25) is 0 Å². The highest BCUT2D eigenvalue weighted by Gasteiger charge is 2.12. The van der Waals surface area contributed by atoms with Crippen molar-refractivity contribution in [3.05, 3.63) is 24.0 Å². The molecule has 1 fully saturated rings. The zero-order valence-corrected chi connectivity index (χ0v) is 9.07. The second-order valence-corrected chi connectivity index (χ2v) is 4.00. The maximum Gasteiger partial charge on any atom is 0.178 e. The van der Waals surface area contributed by atoms with Gasteiger partial charge in [-0.05, 0) is 31.4 Å². The van der Waals surface area contributed by atoms with Crippen LogP contribution in [-0.2, 0) is 0 Å². The van der Waals surface area contributed by atoms with Crippen LogP contribution in [0.15, 0.2) is 18.3 Å². The maximum absolute atomic E-state index is 11.2. The van der Waals surface area contributed by atoms with Crippen molar-refractivity contribution in [3.63, 3.8) is 0 Å². The average molecular weight is 204 g/mol. The highest BCUT2D eigenvalue weighted by molar-refractivity contribution is 5.92. The van der Waals surface area contributed by atoms with Crippen molar-refractivity contribution in [1.82, 2.24) is 4.98 Å². The largest absolute Gasteiger partial charge is 0.371 e. The normalized spacial score (nSPS) is 16.5. The Kier molecular flexibility index (Phi) is 2.99. The van der Waals surface area contributed by atoms with Crippen LogP contribution in [0.25, 0.3) is 0 Å². The third-order valence-electron chi connectivity index (χ3n) is 2.83. The number of rotatable bonds is 2. The van der Waals surface area contributed by atoms with Crippen molar-refractivity contribution in [3.8, 4) is 0 Å². The molecule has 0 radical (unpaired) electrons. The first kappa shape index (κ1) is 10.1. The Hall–Kier alpha value is -1.38. The third-order valence-corrected chi connectivity index (χ3v) is 2.83. The number of anilines is 1. The summed E-state index contributed by atoms with van der Waals surface area (Å²) < 4.78 is 0. The summed E-state index contributed by atoms with van der Waals surface area (Å²) in [5.41, 5.74) is 1.70. The molecule has 0 bridgehead atoms. The molecule has 0 N–H and O–H groups in total. The smallest absolute Gasteiger partial charge is 0.178 e. The van der Waals surface area contributed by atoms with Crippen LogP contribution < -0.4 is 4.90 Å². The molecule has 80 valence electrons. The fraction of sp³-hybridized carbons (Fsp3) is 0.500. The van der Waals surface area contributed by atoms with E-state index in [1.54, 1.807) is 13.1 Å². The molecule has 1 aliphatic heterocycles. The molecule has 3 nitrogen and oxygen atoms in total. The summed E-state index contributed by atoms with van der Waals surface area (Å²) in [7, 11) is 0. The van der Waals surface area contributed by atoms with Gasteiger partial charge in [-0.1, -0.05) is 0 Å². The van der Waals surface area contributed by atoms with E-state index in [9.17, 15) is 4.79 Å². The Labute approximate surface area is 90.1 Å². The van der Waals surface area contributed by atoms with Gasteiger partial charge in [0, 0.05) is 31.9 Å². The summed E-state index contributed by atoms with van der Waals surface area (Å²) in [5.74, 6) is 0.0360. The minimum Gasteiger partial charge on any atom is -0.371 e. The van der Waals surface area contributed by atoms with E-state index in [1.165, 1.54) is 19.3 Å². The van der Waals surface area contributed by atoms with Crippen LogP contribution in [0.4, 0.5) is 5.69 Å². The second-order valence-electron chi connectivity index (χ2n) is 4.00. The van der Waals surface area contributed by atoms with Crippen molar-refractivity contribution in [1.29, 1.82) is 0 Å². The quantitative estimate of drug-likeness (QED) is 0.693. The number of nitrogens with zero attached hydrogens (tertiary/aromatic N) is 2. The number of piperidine rings is 1. The molecule has 0 amide bonds. The summed E-state index contributed by atoms with van der Waals surface area (Å²) in [5, 5.41) is 0. The Bertz CT molecular complexity index is 356. The molecule has 0 atom stereocenters. The average Bonchev–Trinajstić information content (AvgIpc) is 2.30. The van der Waals surface area contributed by atoms with Gasteiger partial charge in [-0.15, -0.1) is 0 Å². The van der Waals surface area contributed by atoms with Crippen LogP contribution in [0, 0.1) is 0 Å². The summed E-state index contributed by atoms with van der Waals surface area (Å²) in [6.07, 6.45) is 5.54. The summed E-state index contributed by atoms with van der Waals surface area (Å²) in [6, 6.07) is 3.88. The molecule has 0 unspecified atom stereocenters. The van der Waals surface area contributed by atoms with Crippen molar-refractivity contribution in [2.75, 3.05) is 18.0 Å². The van der Waals surface area contributed by atoms with E-state index in [2.05, 4.69) is 9.88 Å². The molecule has 1 aliphatic rings. The number of pyridine rings is 1. The molecule has 15 heavy (non-hydrogen) atoms. The fourth-order valence-electron chi connectivity index (χ4n) is 1.96. The minimum atomic E-state index is 0.0360. The first-order valence-corrected chi connectivity index (χ1v) is 5.49. The lowest BCUT2D eigenvalue weighted by molar-refractivity contribution is 0.101. The molecule has 0 aromatic carbocycles. The van der Waals surface area contributed by atoms with Crippen LogP contribution in [0.1, 0.15) is 36.7 Å². The molecule has 0 aliphatic carbocycles. The van der Waals surface area contributed by atoms with Gasteiger partial charge in [0.1, 0.15) is 5.69 Å². The van der Waals surface area contributed by atoms with E-state index in [-0.39, 0.29) is 5.78 Å². The molecule has 0 saturated carbocycles. The van der Waals surface area contributed by atoms with Gasteiger partial charge < -0.3 is 4.90 Å². The van der Waals surface area contributed by atoms with E-state index in [4.69, 9.17) is 0 Å². The van der Waals surface area contributed by atoms with Gasteiger partial charge in [-0.2, -0.15) is 0 Å². The van der Waals surface area contributed by atoms with Gasteiger partial charge in [0.2, 0.25) is 0 Å². The van der Waals surface area contributed by atoms with Crippen LogP contribution in [-0.4, -0.2) is 23.9 Å². The van der Waals surface area contributed by atoms with E-state index >= 15 is 0 Å². The van der Waals surface area contributed by atoms with E-state index in [1.807, 2.05) is 12.1 Å². The van der Waals surface area contributed by atoms with Crippen LogP contribution in [0.3, 0.4) is 0 Å². The first-order valence-electron chi connectivity index (χ1n) is 5.49. The zero-order valence-electron chi connectivity index (χ0n) is 9.07. The highest BCUT2D eigenvalue weighted by atomic mass is 16.1. The molecule has 0 spiro atoms. The number of hydrogen-bond donors (Lipinski definition) is 0. The Morgan fingerprint density at radius 2 is 2.07 bits per heavy atom. The maximum atomic E-state index is 11.2.